The van der Waals surface area contributed by atoms with E-state index in [1.54, 1.807) is 0 Å². The minimum Gasteiger partial charge on any atom is -0.466 e. The van der Waals surface area contributed by atoms with Gasteiger partial charge in [0.2, 0.25) is 0 Å². The maximum absolute atomic E-state index is 11.6. The van der Waals surface area contributed by atoms with E-state index in [0.717, 1.165) is 31.8 Å². The van der Waals surface area contributed by atoms with Gasteiger partial charge in [-0.2, -0.15) is 0 Å². The molecular formula is C16H31NO2. The van der Waals surface area contributed by atoms with Gasteiger partial charge in [0.25, 0.3) is 0 Å². The normalized spacial score (nSPS) is 16.5. The maximum atomic E-state index is 11.6. The Hall–Kier alpha value is -0.570. The molecule has 1 aliphatic rings. The van der Waals surface area contributed by atoms with Crippen LogP contribution in [0.25, 0.3) is 0 Å². The molecule has 0 aromatic carbocycles. The van der Waals surface area contributed by atoms with E-state index in [1.807, 2.05) is 0 Å². The van der Waals surface area contributed by atoms with Crippen LogP contribution in [-0.2, 0) is 9.53 Å². The zero-order valence-corrected chi connectivity index (χ0v) is 12.6. The topological polar surface area (TPSA) is 38.3 Å². The predicted molar refractivity (Wildman–Crippen MR) is 79.2 cm³/mol. The van der Waals surface area contributed by atoms with Crippen LogP contribution in [0, 0.1) is 5.92 Å². The van der Waals surface area contributed by atoms with Crippen LogP contribution in [0.1, 0.15) is 71.1 Å². The molecule has 0 aromatic heterocycles. The van der Waals surface area contributed by atoms with Gasteiger partial charge < -0.3 is 10.1 Å². The van der Waals surface area contributed by atoms with Crippen molar-refractivity contribution >= 4 is 5.97 Å². The average molecular weight is 269 g/mol. The number of piperidine rings is 1. The van der Waals surface area contributed by atoms with Gasteiger partial charge in [-0.1, -0.05) is 39.0 Å². The van der Waals surface area contributed by atoms with Crippen LogP contribution >= 0.6 is 0 Å². The first kappa shape index (κ1) is 16.5. The molecule has 112 valence electrons. The van der Waals surface area contributed by atoms with Crippen LogP contribution < -0.4 is 5.32 Å². The van der Waals surface area contributed by atoms with Crippen LogP contribution in [0.15, 0.2) is 0 Å². The Labute approximate surface area is 118 Å². The number of carbonyl (C=O) groups is 1. The fourth-order valence-electron chi connectivity index (χ4n) is 2.63. The maximum Gasteiger partial charge on any atom is 0.305 e. The molecule has 1 N–H and O–H groups in total. The Morgan fingerprint density at radius 2 is 1.79 bits per heavy atom. The standard InChI is InChI=1S/C16H31NO2/c1-2-3-4-5-6-7-14-19-16(18)9-8-15-10-12-17-13-11-15/h15,17H,2-14H2,1H3. The highest BCUT2D eigenvalue weighted by Gasteiger charge is 2.14. The molecule has 3 nitrogen and oxygen atoms in total. The van der Waals surface area contributed by atoms with Crippen LogP contribution in [-0.4, -0.2) is 25.7 Å². The van der Waals surface area contributed by atoms with Gasteiger partial charge in [0.1, 0.15) is 0 Å². The lowest BCUT2D eigenvalue weighted by Gasteiger charge is -2.21. The number of ether oxygens (including phenoxy) is 1. The first-order valence-electron chi connectivity index (χ1n) is 8.19. The number of carbonyl (C=O) groups excluding carboxylic acids is 1. The third kappa shape index (κ3) is 9.04. The second kappa shape index (κ2) is 11.3. The number of hydrogen-bond acceptors (Lipinski definition) is 3. The minimum atomic E-state index is 0.00657. The second-order valence-corrected chi connectivity index (χ2v) is 5.72. The molecule has 0 radical (unpaired) electrons. The molecule has 1 fully saturated rings. The van der Waals surface area contributed by atoms with Crippen LogP contribution in [0.3, 0.4) is 0 Å². The van der Waals surface area contributed by atoms with Gasteiger partial charge in [0.05, 0.1) is 6.61 Å². The van der Waals surface area contributed by atoms with Gasteiger partial charge in [-0.25, -0.2) is 0 Å². The lowest BCUT2D eigenvalue weighted by atomic mass is 9.93. The zero-order valence-electron chi connectivity index (χ0n) is 12.6. The summed E-state index contributed by atoms with van der Waals surface area (Å²) in [4.78, 5) is 11.6. The molecule has 1 rings (SSSR count). The summed E-state index contributed by atoms with van der Waals surface area (Å²) in [6, 6.07) is 0. The fourth-order valence-corrected chi connectivity index (χ4v) is 2.63. The summed E-state index contributed by atoms with van der Waals surface area (Å²) in [5.74, 6) is 0.731. The fraction of sp³-hybridized carbons (Fsp3) is 0.938. The largest absolute Gasteiger partial charge is 0.466 e. The predicted octanol–water partition coefficient (Wildman–Crippen LogP) is 3.67. The van der Waals surface area contributed by atoms with Crippen molar-refractivity contribution in [1.82, 2.24) is 5.32 Å². The Morgan fingerprint density at radius 1 is 1.11 bits per heavy atom. The summed E-state index contributed by atoms with van der Waals surface area (Å²) in [7, 11) is 0. The van der Waals surface area contributed by atoms with Gasteiger partial charge in [-0.05, 0) is 44.7 Å². The first-order chi connectivity index (χ1) is 9.33. The van der Waals surface area contributed by atoms with Crippen molar-refractivity contribution in [3.63, 3.8) is 0 Å². The molecule has 1 heterocycles. The minimum absolute atomic E-state index is 0.00657. The molecule has 0 aliphatic carbocycles. The zero-order chi connectivity index (χ0) is 13.8. The van der Waals surface area contributed by atoms with E-state index < -0.39 is 0 Å². The van der Waals surface area contributed by atoms with Crippen LogP contribution in [0.2, 0.25) is 0 Å². The van der Waals surface area contributed by atoms with Gasteiger partial charge in [-0.15, -0.1) is 0 Å². The van der Waals surface area contributed by atoms with Crippen LogP contribution in [0.5, 0.6) is 0 Å². The summed E-state index contributed by atoms with van der Waals surface area (Å²) in [5, 5.41) is 3.35. The molecule has 0 spiro atoms. The third-order valence-electron chi connectivity index (χ3n) is 3.98. The van der Waals surface area contributed by atoms with E-state index in [4.69, 9.17) is 4.74 Å². The van der Waals surface area contributed by atoms with E-state index in [1.165, 1.54) is 44.9 Å². The lowest BCUT2D eigenvalue weighted by Crippen LogP contribution is -2.28. The van der Waals surface area contributed by atoms with Crippen molar-refractivity contribution < 1.29 is 9.53 Å². The Kier molecular flexibility index (Phi) is 9.78. The number of rotatable bonds is 10. The second-order valence-electron chi connectivity index (χ2n) is 5.72. The summed E-state index contributed by atoms with van der Waals surface area (Å²) in [6.07, 6.45) is 11.5. The molecule has 1 saturated heterocycles. The van der Waals surface area contributed by atoms with Crippen molar-refractivity contribution in [2.75, 3.05) is 19.7 Å². The summed E-state index contributed by atoms with van der Waals surface area (Å²) in [6.45, 7) is 5.07. The van der Waals surface area contributed by atoms with Crippen molar-refractivity contribution in [2.45, 2.75) is 71.1 Å². The quantitative estimate of drug-likeness (QED) is 0.486. The van der Waals surface area contributed by atoms with Crippen molar-refractivity contribution in [2.24, 2.45) is 5.92 Å². The van der Waals surface area contributed by atoms with E-state index in [0.29, 0.717) is 13.0 Å². The Morgan fingerprint density at radius 3 is 2.53 bits per heavy atom. The Bertz CT molecular complexity index is 225. The SMILES string of the molecule is CCCCCCCCOC(=O)CCC1CCNCC1. The van der Waals surface area contributed by atoms with Gasteiger partial charge in [0, 0.05) is 6.42 Å². The summed E-state index contributed by atoms with van der Waals surface area (Å²) >= 11 is 0. The molecule has 0 amide bonds. The smallest absolute Gasteiger partial charge is 0.305 e. The third-order valence-corrected chi connectivity index (χ3v) is 3.98. The van der Waals surface area contributed by atoms with Gasteiger partial charge in [0.15, 0.2) is 0 Å². The summed E-state index contributed by atoms with van der Waals surface area (Å²) in [5.41, 5.74) is 0. The van der Waals surface area contributed by atoms with E-state index in [-0.39, 0.29) is 5.97 Å². The average Bonchev–Trinajstić information content (AvgIpc) is 2.45. The Balaban J connectivity index is 1.87. The number of nitrogens with one attached hydrogen (secondary N) is 1. The van der Waals surface area contributed by atoms with E-state index in [2.05, 4.69) is 12.2 Å². The first-order valence-corrected chi connectivity index (χ1v) is 8.19. The molecule has 1 aliphatic heterocycles. The van der Waals surface area contributed by atoms with Gasteiger partial charge in [-0.3, -0.25) is 4.79 Å². The highest BCUT2D eigenvalue weighted by molar-refractivity contribution is 5.69. The van der Waals surface area contributed by atoms with Crippen molar-refractivity contribution in [3.05, 3.63) is 0 Å². The number of unbranched alkanes of at least 4 members (excludes halogenated alkanes) is 5. The molecule has 3 heteroatoms. The van der Waals surface area contributed by atoms with Crippen molar-refractivity contribution in [3.8, 4) is 0 Å². The molecule has 0 unspecified atom stereocenters. The molecule has 0 saturated carbocycles. The monoisotopic (exact) mass is 269 g/mol. The summed E-state index contributed by atoms with van der Waals surface area (Å²) < 4.78 is 5.29. The molecule has 0 aromatic rings. The van der Waals surface area contributed by atoms with E-state index >= 15 is 0 Å². The highest BCUT2D eigenvalue weighted by Crippen LogP contribution is 2.17. The molecule has 0 atom stereocenters. The molecule has 0 bridgehead atoms. The number of esters is 1. The van der Waals surface area contributed by atoms with Gasteiger partial charge >= 0.3 is 5.97 Å². The number of hydrogen-bond donors (Lipinski definition) is 1. The molecule has 19 heavy (non-hydrogen) atoms. The molecular weight excluding hydrogens is 238 g/mol. The van der Waals surface area contributed by atoms with Crippen molar-refractivity contribution in [1.29, 1.82) is 0 Å². The highest BCUT2D eigenvalue weighted by atomic mass is 16.5. The lowest BCUT2D eigenvalue weighted by molar-refractivity contribution is -0.144. The van der Waals surface area contributed by atoms with Crippen LogP contribution in [0.4, 0.5) is 0 Å². The van der Waals surface area contributed by atoms with E-state index in [9.17, 15) is 4.79 Å².